The van der Waals surface area contributed by atoms with Gasteiger partial charge in [0.05, 0.1) is 11.4 Å². The molecule has 2 rings (SSSR count). The van der Waals surface area contributed by atoms with Crippen LogP contribution in [0, 0.1) is 12.3 Å². The number of benzene rings is 1. The molecule has 1 aromatic carbocycles. The molecule has 2 aromatic rings. The number of nitrogens with zero attached hydrogens (tertiary/aromatic N) is 3. The summed E-state index contributed by atoms with van der Waals surface area (Å²) in [6.07, 6.45) is 8.13. The topological polar surface area (TPSA) is 89.2 Å². The molecular formula is C13H12N4O2S. The molecular weight excluding hydrogens is 276 g/mol. The van der Waals surface area contributed by atoms with Crippen LogP contribution in [0.15, 0.2) is 47.6 Å². The second-order valence-corrected chi connectivity index (χ2v) is 5.70. The molecule has 0 aliphatic heterocycles. The Morgan fingerprint density at radius 3 is 2.35 bits per heavy atom. The van der Waals surface area contributed by atoms with Crippen LogP contribution >= 0.6 is 0 Å². The molecule has 6 nitrogen and oxygen atoms in total. The van der Waals surface area contributed by atoms with Gasteiger partial charge in [0, 0.05) is 18.1 Å². The van der Waals surface area contributed by atoms with Crippen LogP contribution in [0.1, 0.15) is 0 Å². The summed E-state index contributed by atoms with van der Waals surface area (Å²) < 4.78 is 26.1. The van der Waals surface area contributed by atoms with Gasteiger partial charge in [0.15, 0.2) is 0 Å². The van der Waals surface area contributed by atoms with Crippen LogP contribution in [0.25, 0.3) is 0 Å². The Morgan fingerprint density at radius 1 is 1.20 bits per heavy atom. The van der Waals surface area contributed by atoms with E-state index in [1.165, 1.54) is 36.7 Å². The maximum atomic E-state index is 12.5. The number of nitrogen functional groups attached to an aromatic ring is 1. The molecule has 0 unspecified atom stereocenters. The summed E-state index contributed by atoms with van der Waals surface area (Å²) in [5, 5.41) is 0. The number of sulfonamides is 1. The normalized spacial score (nSPS) is 10.8. The van der Waals surface area contributed by atoms with E-state index in [0.717, 1.165) is 4.31 Å². The molecule has 0 fully saturated rings. The van der Waals surface area contributed by atoms with Gasteiger partial charge in [0.1, 0.15) is 0 Å². The zero-order valence-corrected chi connectivity index (χ0v) is 11.3. The monoisotopic (exact) mass is 288 g/mol. The third-order valence-corrected chi connectivity index (χ3v) is 4.22. The molecule has 0 atom stereocenters. The van der Waals surface area contributed by atoms with Crippen LogP contribution in [0.3, 0.4) is 0 Å². The predicted octanol–water partition coefficient (Wildman–Crippen LogP) is 0.887. The lowest BCUT2D eigenvalue weighted by atomic mass is 10.3. The molecule has 0 aliphatic rings. The molecule has 0 radical (unpaired) electrons. The van der Waals surface area contributed by atoms with Crippen molar-refractivity contribution >= 4 is 21.7 Å². The quantitative estimate of drug-likeness (QED) is 0.666. The Kier molecular flexibility index (Phi) is 3.86. The summed E-state index contributed by atoms with van der Waals surface area (Å²) in [5.41, 5.74) is 6.03. The van der Waals surface area contributed by atoms with Crippen LogP contribution in [0.5, 0.6) is 0 Å². The van der Waals surface area contributed by atoms with Crippen molar-refractivity contribution in [3.05, 3.63) is 42.7 Å². The Bertz CT molecular complexity index is 721. The van der Waals surface area contributed by atoms with E-state index in [1.807, 2.05) is 0 Å². The smallest absolute Gasteiger partial charge is 0.267 e. The standard InChI is InChI=1S/C13H12N4O2S/c1-2-10-17(13-15-8-3-9-16-13)20(18,19)12-6-4-11(14)5-7-12/h1,3-9H,10,14H2. The van der Waals surface area contributed by atoms with Gasteiger partial charge < -0.3 is 5.73 Å². The van der Waals surface area contributed by atoms with Crippen molar-refractivity contribution in [2.75, 3.05) is 16.6 Å². The van der Waals surface area contributed by atoms with Gasteiger partial charge >= 0.3 is 0 Å². The zero-order valence-electron chi connectivity index (χ0n) is 10.5. The number of nitrogens with two attached hydrogens (primary N) is 1. The first kappa shape index (κ1) is 13.8. The lowest BCUT2D eigenvalue weighted by Gasteiger charge is -2.19. The summed E-state index contributed by atoms with van der Waals surface area (Å²) in [4.78, 5) is 7.92. The van der Waals surface area contributed by atoms with Crippen molar-refractivity contribution in [1.82, 2.24) is 9.97 Å². The van der Waals surface area contributed by atoms with Gasteiger partial charge in [-0.1, -0.05) is 5.92 Å². The fraction of sp³-hybridized carbons (Fsp3) is 0.0769. The highest BCUT2D eigenvalue weighted by Gasteiger charge is 2.26. The SMILES string of the molecule is C#CCN(c1ncccn1)S(=O)(=O)c1ccc(N)cc1. The van der Waals surface area contributed by atoms with E-state index >= 15 is 0 Å². The lowest BCUT2D eigenvalue weighted by Crippen LogP contribution is -2.32. The molecule has 20 heavy (non-hydrogen) atoms. The van der Waals surface area contributed by atoms with Gasteiger partial charge in [-0.15, -0.1) is 6.42 Å². The third-order valence-electron chi connectivity index (χ3n) is 2.48. The van der Waals surface area contributed by atoms with Crippen LogP contribution < -0.4 is 10.0 Å². The number of terminal acetylenes is 1. The molecule has 0 amide bonds. The van der Waals surface area contributed by atoms with Gasteiger partial charge in [-0.3, -0.25) is 0 Å². The number of hydrogen-bond acceptors (Lipinski definition) is 5. The van der Waals surface area contributed by atoms with Gasteiger partial charge in [-0.25, -0.2) is 22.7 Å². The summed E-state index contributed by atoms with van der Waals surface area (Å²) in [5.74, 6) is 2.33. The molecule has 102 valence electrons. The second-order valence-electron chi connectivity index (χ2n) is 3.83. The largest absolute Gasteiger partial charge is 0.399 e. The Hall–Kier alpha value is -2.59. The van der Waals surface area contributed by atoms with Gasteiger partial charge in [0.2, 0.25) is 5.95 Å². The number of hydrogen-bond donors (Lipinski definition) is 1. The van der Waals surface area contributed by atoms with E-state index in [0.29, 0.717) is 5.69 Å². The van der Waals surface area contributed by atoms with E-state index in [2.05, 4.69) is 15.9 Å². The minimum absolute atomic E-state index is 0.0299. The fourth-order valence-electron chi connectivity index (χ4n) is 1.53. The van der Waals surface area contributed by atoms with Crippen LogP contribution in [0.4, 0.5) is 11.6 Å². The van der Waals surface area contributed by atoms with E-state index in [9.17, 15) is 8.42 Å². The number of rotatable bonds is 4. The second kappa shape index (κ2) is 5.59. The zero-order chi connectivity index (χ0) is 14.6. The minimum atomic E-state index is -3.82. The Balaban J connectivity index is 2.48. The highest BCUT2D eigenvalue weighted by atomic mass is 32.2. The van der Waals surface area contributed by atoms with Crippen molar-refractivity contribution in [2.45, 2.75) is 4.90 Å². The first-order valence-corrected chi connectivity index (χ1v) is 7.08. The van der Waals surface area contributed by atoms with Crippen molar-refractivity contribution in [2.24, 2.45) is 0 Å². The van der Waals surface area contributed by atoms with Crippen molar-refractivity contribution in [3.63, 3.8) is 0 Å². The average Bonchev–Trinajstić information content (AvgIpc) is 2.46. The van der Waals surface area contributed by atoms with E-state index in [4.69, 9.17) is 12.2 Å². The first-order valence-electron chi connectivity index (χ1n) is 5.64. The molecule has 2 N–H and O–H groups in total. The van der Waals surface area contributed by atoms with Gasteiger partial charge in [-0.2, -0.15) is 0 Å². The molecule has 0 aliphatic carbocycles. The lowest BCUT2D eigenvalue weighted by molar-refractivity contribution is 0.592. The van der Waals surface area contributed by atoms with Crippen LogP contribution in [0.2, 0.25) is 0 Å². The molecule has 0 saturated heterocycles. The van der Waals surface area contributed by atoms with Crippen molar-refractivity contribution in [1.29, 1.82) is 0 Å². The highest BCUT2D eigenvalue weighted by molar-refractivity contribution is 7.92. The maximum absolute atomic E-state index is 12.5. The van der Waals surface area contributed by atoms with E-state index in [-0.39, 0.29) is 17.4 Å². The summed E-state index contributed by atoms with van der Waals surface area (Å²) in [6, 6.07) is 7.43. The summed E-state index contributed by atoms with van der Waals surface area (Å²) in [7, 11) is -3.82. The predicted molar refractivity (Wildman–Crippen MR) is 76.3 cm³/mol. The number of anilines is 2. The van der Waals surface area contributed by atoms with Gasteiger partial charge in [0.25, 0.3) is 10.0 Å². The molecule has 7 heteroatoms. The van der Waals surface area contributed by atoms with Crippen molar-refractivity contribution in [3.8, 4) is 12.3 Å². The molecule has 1 heterocycles. The summed E-state index contributed by atoms with van der Waals surface area (Å²) in [6.45, 7) is -0.156. The van der Waals surface area contributed by atoms with Crippen LogP contribution in [-0.4, -0.2) is 24.9 Å². The highest BCUT2D eigenvalue weighted by Crippen LogP contribution is 2.20. The van der Waals surface area contributed by atoms with Crippen LogP contribution in [-0.2, 0) is 10.0 Å². The first-order chi connectivity index (χ1) is 9.55. The molecule has 0 spiro atoms. The maximum Gasteiger partial charge on any atom is 0.267 e. The Labute approximate surface area is 117 Å². The third kappa shape index (κ3) is 2.70. The van der Waals surface area contributed by atoms with E-state index in [1.54, 1.807) is 6.07 Å². The van der Waals surface area contributed by atoms with E-state index < -0.39 is 10.0 Å². The van der Waals surface area contributed by atoms with Crippen molar-refractivity contribution < 1.29 is 8.42 Å². The average molecular weight is 288 g/mol. The molecule has 0 bridgehead atoms. The number of aromatic nitrogens is 2. The van der Waals surface area contributed by atoms with Gasteiger partial charge in [-0.05, 0) is 30.3 Å². The minimum Gasteiger partial charge on any atom is -0.399 e. The fourth-order valence-corrected chi connectivity index (χ4v) is 2.82. The Morgan fingerprint density at radius 2 is 1.80 bits per heavy atom. The molecule has 1 aromatic heterocycles. The summed E-state index contributed by atoms with van der Waals surface area (Å²) >= 11 is 0. The molecule has 0 saturated carbocycles.